The minimum Gasteiger partial charge on any atom is -0.496 e. The van der Waals surface area contributed by atoms with E-state index in [9.17, 15) is 14.7 Å². The van der Waals surface area contributed by atoms with Gasteiger partial charge < -0.3 is 9.84 Å². The second-order valence-corrected chi connectivity index (χ2v) is 6.29. The summed E-state index contributed by atoms with van der Waals surface area (Å²) in [6.07, 6.45) is 1.32. The molecule has 29 heavy (non-hydrogen) atoms. The van der Waals surface area contributed by atoms with Gasteiger partial charge >= 0.3 is 5.97 Å². The number of ether oxygens (including phenoxy) is 1. The Morgan fingerprint density at radius 1 is 1.07 bits per heavy atom. The number of methoxy groups -OCH3 is 1. The van der Waals surface area contributed by atoms with Gasteiger partial charge in [-0.25, -0.2) is 14.5 Å². The summed E-state index contributed by atoms with van der Waals surface area (Å²) in [5, 5.41) is 9.65. The molecule has 0 aliphatic carbocycles. The SMILES string of the molecule is CO/C(=C\C(=Nc1c(C)n(C)n(-c2ccccc2)c1=O)C(=O)O)c1ccccc1. The number of carboxylic acid groups (broad SMARTS) is 1. The van der Waals surface area contributed by atoms with Crippen molar-refractivity contribution < 1.29 is 14.6 Å². The molecule has 3 rings (SSSR count). The number of nitrogens with zero attached hydrogens (tertiary/aromatic N) is 3. The zero-order valence-electron chi connectivity index (χ0n) is 16.4. The molecule has 0 saturated heterocycles. The third-order valence-corrected chi connectivity index (χ3v) is 4.52. The standard InChI is InChI=1S/C22H21N3O4/c1-15-20(21(26)25(24(15)2)17-12-8-5-9-13-17)23-18(22(27)28)14-19(29-3)16-10-6-4-7-11-16/h4-14H,1-3H3,(H,27,28)/b19-14-,23-18?. The maximum Gasteiger partial charge on any atom is 0.354 e. The molecule has 1 heterocycles. The summed E-state index contributed by atoms with van der Waals surface area (Å²) in [6, 6.07) is 18.2. The van der Waals surface area contributed by atoms with Gasteiger partial charge in [-0.1, -0.05) is 48.5 Å². The van der Waals surface area contributed by atoms with Crippen molar-refractivity contribution in [3.63, 3.8) is 0 Å². The maximum absolute atomic E-state index is 13.0. The van der Waals surface area contributed by atoms with Crippen LogP contribution in [-0.2, 0) is 16.6 Å². The van der Waals surface area contributed by atoms with E-state index in [1.807, 2.05) is 36.4 Å². The van der Waals surface area contributed by atoms with Crippen molar-refractivity contribution in [3.05, 3.63) is 88.4 Å². The Labute approximate surface area is 167 Å². The summed E-state index contributed by atoms with van der Waals surface area (Å²) in [6.45, 7) is 1.72. The smallest absolute Gasteiger partial charge is 0.354 e. The Bertz CT molecular complexity index is 1140. The molecule has 0 unspecified atom stereocenters. The number of aliphatic imine (C=N–C) groups is 1. The van der Waals surface area contributed by atoms with E-state index in [-0.39, 0.29) is 11.4 Å². The lowest BCUT2D eigenvalue weighted by atomic mass is 10.1. The van der Waals surface area contributed by atoms with Crippen molar-refractivity contribution in [2.45, 2.75) is 6.92 Å². The lowest BCUT2D eigenvalue weighted by Gasteiger charge is -2.07. The minimum atomic E-state index is -1.26. The van der Waals surface area contributed by atoms with Crippen LogP contribution in [0, 0.1) is 6.92 Å². The Morgan fingerprint density at radius 3 is 2.21 bits per heavy atom. The molecular formula is C22H21N3O4. The van der Waals surface area contributed by atoms with Crippen molar-refractivity contribution in [3.8, 4) is 5.69 Å². The van der Waals surface area contributed by atoms with Gasteiger partial charge in [0.1, 0.15) is 5.76 Å². The number of aliphatic carboxylic acids is 1. The van der Waals surface area contributed by atoms with Gasteiger partial charge in [0, 0.05) is 18.7 Å². The van der Waals surface area contributed by atoms with E-state index in [1.54, 1.807) is 42.9 Å². The molecule has 0 amide bonds. The van der Waals surface area contributed by atoms with Crippen LogP contribution in [0.3, 0.4) is 0 Å². The Hall–Kier alpha value is -3.87. The summed E-state index contributed by atoms with van der Waals surface area (Å²) in [7, 11) is 3.18. The van der Waals surface area contributed by atoms with Gasteiger partial charge in [-0.05, 0) is 19.1 Å². The number of carboxylic acids is 1. The zero-order chi connectivity index (χ0) is 21.0. The van der Waals surface area contributed by atoms with Crippen LogP contribution in [0.25, 0.3) is 11.4 Å². The van der Waals surface area contributed by atoms with E-state index in [0.29, 0.717) is 22.7 Å². The van der Waals surface area contributed by atoms with Crippen molar-refractivity contribution in [2.24, 2.45) is 12.0 Å². The van der Waals surface area contributed by atoms with Crippen LogP contribution in [0.2, 0.25) is 0 Å². The largest absolute Gasteiger partial charge is 0.496 e. The van der Waals surface area contributed by atoms with E-state index >= 15 is 0 Å². The number of para-hydroxylation sites is 1. The van der Waals surface area contributed by atoms with E-state index in [1.165, 1.54) is 17.9 Å². The van der Waals surface area contributed by atoms with Gasteiger partial charge in [-0.3, -0.25) is 9.48 Å². The van der Waals surface area contributed by atoms with E-state index in [2.05, 4.69) is 4.99 Å². The average Bonchev–Trinajstić information content (AvgIpc) is 2.95. The monoisotopic (exact) mass is 391 g/mol. The molecule has 0 radical (unpaired) electrons. The molecule has 0 bridgehead atoms. The normalized spacial score (nSPS) is 12.1. The van der Waals surface area contributed by atoms with Gasteiger partial charge in [0.2, 0.25) is 0 Å². The average molecular weight is 391 g/mol. The second kappa shape index (κ2) is 8.43. The minimum absolute atomic E-state index is 0.0634. The zero-order valence-corrected chi connectivity index (χ0v) is 16.4. The topological polar surface area (TPSA) is 85.8 Å². The van der Waals surface area contributed by atoms with Crippen LogP contribution < -0.4 is 5.56 Å². The predicted octanol–water partition coefficient (Wildman–Crippen LogP) is 3.33. The van der Waals surface area contributed by atoms with Gasteiger partial charge in [-0.2, -0.15) is 0 Å². The summed E-state index contributed by atoms with van der Waals surface area (Å²) in [5.74, 6) is -0.923. The van der Waals surface area contributed by atoms with Crippen LogP contribution in [0.1, 0.15) is 11.3 Å². The molecular weight excluding hydrogens is 370 g/mol. The maximum atomic E-state index is 13.0. The lowest BCUT2D eigenvalue weighted by Crippen LogP contribution is -2.19. The third kappa shape index (κ3) is 4.03. The molecule has 7 heteroatoms. The van der Waals surface area contributed by atoms with E-state index in [4.69, 9.17) is 4.74 Å². The summed E-state index contributed by atoms with van der Waals surface area (Å²) in [4.78, 5) is 29.0. The van der Waals surface area contributed by atoms with Gasteiger partial charge in [0.15, 0.2) is 11.4 Å². The molecule has 0 saturated carbocycles. The Balaban J connectivity index is 2.15. The van der Waals surface area contributed by atoms with Crippen molar-refractivity contribution in [1.82, 2.24) is 9.36 Å². The molecule has 1 aromatic heterocycles. The molecule has 148 valence electrons. The molecule has 1 N–H and O–H groups in total. The summed E-state index contributed by atoms with van der Waals surface area (Å²) in [5.41, 5.74) is 1.28. The van der Waals surface area contributed by atoms with Crippen molar-refractivity contribution in [2.75, 3.05) is 7.11 Å². The number of carbonyl (C=O) groups is 1. The molecule has 0 atom stereocenters. The number of benzene rings is 2. The summed E-state index contributed by atoms with van der Waals surface area (Å²) < 4.78 is 8.44. The highest BCUT2D eigenvalue weighted by Crippen LogP contribution is 2.19. The van der Waals surface area contributed by atoms with E-state index in [0.717, 1.165) is 0 Å². The molecule has 7 nitrogen and oxygen atoms in total. The molecule has 3 aromatic rings. The fourth-order valence-electron chi connectivity index (χ4n) is 2.93. The lowest BCUT2D eigenvalue weighted by molar-refractivity contribution is -0.129. The second-order valence-electron chi connectivity index (χ2n) is 6.29. The van der Waals surface area contributed by atoms with Crippen LogP contribution in [0.15, 0.2) is 76.5 Å². The first kappa shape index (κ1) is 19.9. The van der Waals surface area contributed by atoms with Crippen molar-refractivity contribution >= 4 is 23.1 Å². The van der Waals surface area contributed by atoms with Crippen LogP contribution in [-0.4, -0.2) is 33.3 Å². The van der Waals surface area contributed by atoms with Crippen LogP contribution in [0.4, 0.5) is 5.69 Å². The van der Waals surface area contributed by atoms with Gasteiger partial charge in [0.25, 0.3) is 5.56 Å². The molecule has 0 aliphatic rings. The highest BCUT2D eigenvalue weighted by atomic mass is 16.5. The first-order valence-corrected chi connectivity index (χ1v) is 8.91. The Morgan fingerprint density at radius 2 is 1.66 bits per heavy atom. The third-order valence-electron chi connectivity index (χ3n) is 4.52. The molecule has 0 fully saturated rings. The highest BCUT2D eigenvalue weighted by Gasteiger charge is 2.18. The van der Waals surface area contributed by atoms with Crippen molar-refractivity contribution in [1.29, 1.82) is 0 Å². The molecule has 2 aromatic carbocycles. The number of aromatic nitrogens is 2. The fourth-order valence-corrected chi connectivity index (χ4v) is 2.93. The Kier molecular flexibility index (Phi) is 5.78. The predicted molar refractivity (Wildman–Crippen MR) is 112 cm³/mol. The molecule has 0 aliphatic heterocycles. The number of rotatable bonds is 6. The number of hydrogen-bond donors (Lipinski definition) is 1. The van der Waals surface area contributed by atoms with E-state index < -0.39 is 11.5 Å². The summed E-state index contributed by atoms with van der Waals surface area (Å²) >= 11 is 0. The molecule has 0 spiro atoms. The first-order valence-electron chi connectivity index (χ1n) is 8.91. The van der Waals surface area contributed by atoms with Crippen LogP contribution >= 0.6 is 0 Å². The fraction of sp³-hybridized carbons (Fsp3) is 0.136. The highest BCUT2D eigenvalue weighted by molar-refractivity contribution is 6.42. The first-order chi connectivity index (χ1) is 13.9. The van der Waals surface area contributed by atoms with Crippen LogP contribution in [0.5, 0.6) is 0 Å². The number of hydrogen-bond acceptors (Lipinski definition) is 4. The van der Waals surface area contributed by atoms with Gasteiger partial charge in [-0.15, -0.1) is 0 Å². The quantitative estimate of drug-likeness (QED) is 0.516. The van der Waals surface area contributed by atoms with Gasteiger partial charge in [0.05, 0.1) is 18.5 Å².